The second kappa shape index (κ2) is 7.92. The first kappa shape index (κ1) is 16.5. The van der Waals surface area contributed by atoms with Crippen molar-refractivity contribution in [3.63, 3.8) is 0 Å². The number of aromatic nitrogens is 1. The van der Waals surface area contributed by atoms with Gasteiger partial charge >= 0.3 is 0 Å². The van der Waals surface area contributed by atoms with Crippen molar-refractivity contribution in [2.24, 2.45) is 0 Å². The number of rotatable bonds is 6. The summed E-state index contributed by atoms with van der Waals surface area (Å²) in [5, 5.41) is 0.657. The Kier molecular flexibility index (Phi) is 5.92. The van der Waals surface area contributed by atoms with Gasteiger partial charge in [-0.1, -0.05) is 17.7 Å². The number of methoxy groups -OCH3 is 1. The van der Waals surface area contributed by atoms with Crippen LogP contribution in [0, 0.1) is 6.92 Å². The van der Waals surface area contributed by atoms with Crippen molar-refractivity contribution in [3.05, 3.63) is 64.4 Å². The van der Waals surface area contributed by atoms with Crippen molar-refractivity contribution >= 4 is 17.5 Å². The molecule has 0 unspecified atom stereocenters. The average Bonchev–Trinajstić information content (AvgIpc) is 2.54. The normalized spacial score (nSPS) is 10.5. The number of carbonyl (C=O) groups excluding carboxylic acids is 1. The Bertz CT molecular complexity index is 632. The average molecular weight is 319 g/mol. The zero-order chi connectivity index (χ0) is 15.9. The predicted octanol–water partition coefficient (Wildman–Crippen LogP) is 3.33. The molecule has 2 rings (SSSR count). The third-order valence-electron chi connectivity index (χ3n) is 3.34. The molecule has 2 aromatic rings. The number of benzene rings is 1. The van der Waals surface area contributed by atoms with E-state index in [-0.39, 0.29) is 5.91 Å². The fourth-order valence-electron chi connectivity index (χ4n) is 2.10. The summed E-state index contributed by atoms with van der Waals surface area (Å²) in [4.78, 5) is 18.7. The highest BCUT2D eigenvalue weighted by molar-refractivity contribution is 6.31. The lowest BCUT2D eigenvalue weighted by atomic mass is 10.1. The van der Waals surface area contributed by atoms with Crippen molar-refractivity contribution < 1.29 is 9.53 Å². The number of halogens is 1. The highest BCUT2D eigenvalue weighted by Gasteiger charge is 2.17. The van der Waals surface area contributed by atoms with E-state index < -0.39 is 0 Å². The van der Waals surface area contributed by atoms with Crippen molar-refractivity contribution in [2.45, 2.75) is 13.5 Å². The number of ether oxygens (including phenoxy) is 1. The first-order valence-corrected chi connectivity index (χ1v) is 7.44. The molecule has 22 heavy (non-hydrogen) atoms. The van der Waals surface area contributed by atoms with Crippen LogP contribution >= 0.6 is 11.6 Å². The summed E-state index contributed by atoms with van der Waals surface area (Å²) in [6, 6.07) is 11.0. The summed E-state index contributed by atoms with van der Waals surface area (Å²) in [6.45, 7) is 3.32. The van der Waals surface area contributed by atoms with Crippen LogP contribution in [0.4, 0.5) is 0 Å². The van der Waals surface area contributed by atoms with E-state index >= 15 is 0 Å². The van der Waals surface area contributed by atoms with E-state index in [0.29, 0.717) is 30.3 Å². The van der Waals surface area contributed by atoms with Gasteiger partial charge in [0.05, 0.1) is 18.8 Å². The lowest BCUT2D eigenvalue weighted by Gasteiger charge is -2.22. The maximum Gasteiger partial charge on any atom is 0.254 e. The van der Waals surface area contributed by atoms with Crippen molar-refractivity contribution in [3.8, 4) is 0 Å². The standard InChI is InChI=1S/C17H19ClN2O2/c1-13-11-14(6-7-16(13)18)17(21)20(9-10-22-2)12-15-5-3-4-8-19-15/h3-8,11H,9-10,12H2,1-2H3. The lowest BCUT2D eigenvalue weighted by Crippen LogP contribution is -2.33. The van der Waals surface area contributed by atoms with Crippen LogP contribution in [0.1, 0.15) is 21.6 Å². The van der Waals surface area contributed by atoms with Gasteiger partial charge < -0.3 is 9.64 Å². The van der Waals surface area contributed by atoms with E-state index in [1.165, 1.54) is 0 Å². The lowest BCUT2D eigenvalue weighted by molar-refractivity contribution is 0.0678. The Labute approximate surface area is 135 Å². The fraction of sp³-hybridized carbons (Fsp3) is 0.294. The quantitative estimate of drug-likeness (QED) is 0.820. The molecule has 0 aliphatic carbocycles. The van der Waals surface area contributed by atoms with Gasteiger partial charge in [-0.2, -0.15) is 0 Å². The summed E-state index contributed by atoms with van der Waals surface area (Å²) < 4.78 is 5.10. The van der Waals surface area contributed by atoms with Gasteiger partial charge in [-0.05, 0) is 42.8 Å². The minimum absolute atomic E-state index is 0.0533. The molecule has 5 heteroatoms. The molecule has 0 atom stereocenters. The first-order chi connectivity index (χ1) is 10.6. The maximum atomic E-state index is 12.7. The topological polar surface area (TPSA) is 42.4 Å². The molecule has 116 valence electrons. The minimum atomic E-state index is -0.0533. The van der Waals surface area contributed by atoms with Crippen LogP contribution in [-0.2, 0) is 11.3 Å². The van der Waals surface area contributed by atoms with E-state index in [1.54, 1.807) is 30.3 Å². The molecule has 0 saturated carbocycles. The minimum Gasteiger partial charge on any atom is -0.383 e. The molecular formula is C17H19ClN2O2. The Hall–Kier alpha value is -1.91. The zero-order valence-electron chi connectivity index (χ0n) is 12.8. The second-order valence-corrected chi connectivity index (χ2v) is 5.41. The van der Waals surface area contributed by atoms with Crippen molar-refractivity contribution in [1.29, 1.82) is 0 Å². The molecule has 1 amide bonds. The summed E-state index contributed by atoms with van der Waals surface area (Å²) in [5.41, 5.74) is 2.35. The fourth-order valence-corrected chi connectivity index (χ4v) is 2.22. The Morgan fingerprint density at radius 1 is 1.32 bits per heavy atom. The SMILES string of the molecule is COCCN(Cc1ccccn1)C(=O)c1ccc(Cl)c(C)c1. The number of hydrogen-bond acceptors (Lipinski definition) is 3. The van der Waals surface area contributed by atoms with Crippen LogP contribution < -0.4 is 0 Å². The molecule has 4 nitrogen and oxygen atoms in total. The van der Waals surface area contributed by atoms with Crippen LogP contribution in [0.25, 0.3) is 0 Å². The predicted molar refractivity (Wildman–Crippen MR) is 87.0 cm³/mol. The van der Waals surface area contributed by atoms with E-state index in [1.807, 2.05) is 31.2 Å². The third kappa shape index (κ3) is 4.29. The molecule has 1 heterocycles. The van der Waals surface area contributed by atoms with Crippen LogP contribution in [0.5, 0.6) is 0 Å². The van der Waals surface area contributed by atoms with Gasteiger partial charge in [0.25, 0.3) is 5.91 Å². The number of carbonyl (C=O) groups is 1. The molecule has 1 aromatic carbocycles. The Balaban J connectivity index is 2.19. The van der Waals surface area contributed by atoms with Gasteiger partial charge in [-0.15, -0.1) is 0 Å². The van der Waals surface area contributed by atoms with Gasteiger partial charge in [0.15, 0.2) is 0 Å². The van der Waals surface area contributed by atoms with Gasteiger partial charge in [-0.25, -0.2) is 0 Å². The highest BCUT2D eigenvalue weighted by Crippen LogP contribution is 2.18. The second-order valence-electron chi connectivity index (χ2n) is 5.00. The number of aryl methyl sites for hydroxylation is 1. The monoisotopic (exact) mass is 318 g/mol. The molecular weight excluding hydrogens is 300 g/mol. The van der Waals surface area contributed by atoms with Crippen LogP contribution in [-0.4, -0.2) is 36.1 Å². The smallest absolute Gasteiger partial charge is 0.254 e. The van der Waals surface area contributed by atoms with E-state index in [2.05, 4.69) is 4.98 Å². The maximum absolute atomic E-state index is 12.7. The molecule has 0 radical (unpaired) electrons. The molecule has 0 bridgehead atoms. The summed E-state index contributed by atoms with van der Waals surface area (Å²) in [7, 11) is 1.62. The molecule has 0 saturated heterocycles. The molecule has 0 aliphatic rings. The van der Waals surface area contributed by atoms with Gasteiger partial charge in [-0.3, -0.25) is 9.78 Å². The van der Waals surface area contributed by atoms with E-state index in [4.69, 9.17) is 16.3 Å². The van der Waals surface area contributed by atoms with Gasteiger partial charge in [0.2, 0.25) is 0 Å². The van der Waals surface area contributed by atoms with Crippen LogP contribution in [0.15, 0.2) is 42.6 Å². The number of hydrogen-bond donors (Lipinski definition) is 0. The first-order valence-electron chi connectivity index (χ1n) is 7.06. The molecule has 0 aliphatic heterocycles. The van der Waals surface area contributed by atoms with Crippen LogP contribution in [0.2, 0.25) is 5.02 Å². The van der Waals surface area contributed by atoms with E-state index in [0.717, 1.165) is 11.3 Å². The Morgan fingerprint density at radius 3 is 2.77 bits per heavy atom. The van der Waals surface area contributed by atoms with Gasteiger partial charge in [0.1, 0.15) is 0 Å². The summed E-state index contributed by atoms with van der Waals surface area (Å²) >= 11 is 6.02. The summed E-state index contributed by atoms with van der Waals surface area (Å²) in [6.07, 6.45) is 1.72. The summed E-state index contributed by atoms with van der Waals surface area (Å²) in [5.74, 6) is -0.0533. The van der Waals surface area contributed by atoms with Crippen LogP contribution in [0.3, 0.4) is 0 Å². The molecule has 1 aromatic heterocycles. The largest absolute Gasteiger partial charge is 0.383 e. The molecule has 0 N–H and O–H groups in total. The third-order valence-corrected chi connectivity index (χ3v) is 3.76. The van der Waals surface area contributed by atoms with Crippen molar-refractivity contribution in [2.75, 3.05) is 20.3 Å². The number of amides is 1. The van der Waals surface area contributed by atoms with E-state index in [9.17, 15) is 4.79 Å². The zero-order valence-corrected chi connectivity index (χ0v) is 13.5. The van der Waals surface area contributed by atoms with Gasteiger partial charge in [0, 0.05) is 30.4 Å². The molecule has 0 spiro atoms. The van der Waals surface area contributed by atoms with Crippen molar-refractivity contribution in [1.82, 2.24) is 9.88 Å². The number of pyridine rings is 1. The number of nitrogens with zero attached hydrogens (tertiary/aromatic N) is 2. The Morgan fingerprint density at radius 2 is 2.14 bits per heavy atom. The highest BCUT2D eigenvalue weighted by atomic mass is 35.5. The molecule has 0 fully saturated rings.